The first-order valence-electron chi connectivity index (χ1n) is 9.37. The summed E-state index contributed by atoms with van der Waals surface area (Å²) in [5.41, 5.74) is 0.529. The van der Waals surface area contributed by atoms with Gasteiger partial charge in [0.1, 0.15) is 5.82 Å². The van der Waals surface area contributed by atoms with Crippen LogP contribution in [0.4, 0.5) is 11.5 Å². The normalized spacial score (nSPS) is 16.7. The molecule has 3 aromatic rings. The Labute approximate surface area is 178 Å². The van der Waals surface area contributed by atoms with Gasteiger partial charge < -0.3 is 10.2 Å². The van der Waals surface area contributed by atoms with Crippen LogP contribution in [0.5, 0.6) is 0 Å². The van der Waals surface area contributed by atoms with Gasteiger partial charge in [-0.15, -0.1) is 10.2 Å². The number of benzene rings is 1. The molecule has 0 bridgehead atoms. The standard InChI is InChI=1S/C20H20Cl2N6O/c1-13-23-9-11-28(13)18-8-7-17(25-26-18)27-10-3-4-14(12-27)20(29)24-16-6-2-5-15(21)19(16)22/h2,5-9,11,14H,3-4,10,12H2,1H3,(H,24,29). The topological polar surface area (TPSA) is 75.9 Å². The van der Waals surface area contributed by atoms with Gasteiger partial charge in [0.2, 0.25) is 5.91 Å². The van der Waals surface area contributed by atoms with Crippen LogP contribution in [0.15, 0.2) is 42.7 Å². The minimum atomic E-state index is -0.170. The van der Waals surface area contributed by atoms with Crippen LogP contribution in [0.3, 0.4) is 0 Å². The summed E-state index contributed by atoms with van der Waals surface area (Å²) >= 11 is 12.2. The smallest absolute Gasteiger partial charge is 0.229 e. The van der Waals surface area contributed by atoms with E-state index in [1.54, 1.807) is 24.4 Å². The highest BCUT2D eigenvalue weighted by atomic mass is 35.5. The molecule has 9 heteroatoms. The summed E-state index contributed by atoms with van der Waals surface area (Å²) in [5, 5.41) is 12.3. The maximum Gasteiger partial charge on any atom is 0.229 e. The molecule has 1 amide bonds. The van der Waals surface area contributed by atoms with Gasteiger partial charge in [0.05, 0.1) is 21.7 Å². The molecule has 1 aliphatic rings. The highest BCUT2D eigenvalue weighted by Gasteiger charge is 2.27. The highest BCUT2D eigenvalue weighted by molar-refractivity contribution is 6.44. The number of amides is 1. The van der Waals surface area contributed by atoms with E-state index in [2.05, 4.69) is 25.4 Å². The Bertz CT molecular complexity index is 1020. The molecule has 7 nitrogen and oxygen atoms in total. The van der Waals surface area contributed by atoms with Crippen molar-refractivity contribution in [2.24, 2.45) is 5.92 Å². The van der Waals surface area contributed by atoms with Crippen molar-refractivity contribution in [3.63, 3.8) is 0 Å². The molecular weight excluding hydrogens is 411 g/mol. The van der Waals surface area contributed by atoms with E-state index in [0.29, 0.717) is 28.1 Å². The average Bonchev–Trinajstić information content (AvgIpc) is 3.17. The first-order valence-corrected chi connectivity index (χ1v) is 10.1. The molecule has 29 heavy (non-hydrogen) atoms. The predicted molar refractivity (Wildman–Crippen MR) is 114 cm³/mol. The second-order valence-electron chi connectivity index (χ2n) is 6.97. The van der Waals surface area contributed by atoms with Crippen LogP contribution in [0.25, 0.3) is 5.82 Å². The fraction of sp³-hybridized carbons (Fsp3) is 0.300. The molecule has 4 rings (SSSR count). The number of halogens is 2. The average molecular weight is 431 g/mol. The second kappa shape index (κ2) is 8.39. The minimum Gasteiger partial charge on any atom is -0.354 e. The molecule has 0 saturated carbocycles. The molecule has 0 radical (unpaired) electrons. The molecule has 150 valence electrons. The van der Waals surface area contributed by atoms with Gasteiger partial charge in [0.25, 0.3) is 0 Å². The molecule has 1 atom stereocenters. The monoisotopic (exact) mass is 430 g/mol. The zero-order valence-electron chi connectivity index (χ0n) is 15.8. The first kappa shape index (κ1) is 19.7. The molecule has 1 saturated heterocycles. The van der Waals surface area contributed by atoms with Crippen LogP contribution in [0.2, 0.25) is 10.0 Å². The van der Waals surface area contributed by atoms with Gasteiger partial charge in [-0.1, -0.05) is 29.3 Å². The third kappa shape index (κ3) is 4.21. The Kier molecular flexibility index (Phi) is 5.69. The summed E-state index contributed by atoms with van der Waals surface area (Å²) in [6.07, 6.45) is 5.28. The van der Waals surface area contributed by atoms with Crippen LogP contribution in [0, 0.1) is 12.8 Å². The van der Waals surface area contributed by atoms with Gasteiger partial charge in [-0.05, 0) is 44.0 Å². The number of hydrogen-bond acceptors (Lipinski definition) is 5. The van der Waals surface area contributed by atoms with Crippen LogP contribution in [-0.2, 0) is 4.79 Å². The summed E-state index contributed by atoms with van der Waals surface area (Å²) < 4.78 is 1.87. The van der Waals surface area contributed by atoms with Crippen molar-refractivity contribution >= 4 is 40.6 Å². The molecule has 0 spiro atoms. The molecule has 1 unspecified atom stereocenters. The number of nitrogens with zero attached hydrogens (tertiary/aromatic N) is 5. The fourth-order valence-electron chi connectivity index (χ4n) is 3.47. The lowest BCUT2D eigenvalue weighted by molar-refractivity contribution is -0.120. The van der Waals surface area contributed by atoms with E-state index in [1.165, 1.54) is 0 Å². The molecule has 1 aromatic carbocycles. The number of nitrogens with one attached hydrogen (secondary N) is 1. The van der Waals surface area contributed by atoms with Gasteiger partial charge in [0, 0.05) is 25.5 Å². The zero-order valence-corrected chi connectivity index (χ0v) is 17.4. The first-order chi connectivity index (χ1) is 14.0. The van der Waals surface area contributed by atoms with Gasteiger partial charge in [-0.2, -0.15) is 0 Å². The number of rotatable bonds is 4. The number of carbonyl (C=O) groups excluding carboxylic acids is 1. The fourth-order valence-corrected chi connectivity index (χ4v) is 3.82. The maximum atomic E-state index is 12.8. The largest absolute Gasteiger partial charge is 0.354 e. The van der Waals surface area contributed by atoms with Crippen LogP contribution >= 0.6 is 23.2 Å². The van der Waals surface area contributed by atoms with E-state index in [4.69, 9.17) is 23.2 Å². The summed E-state index contributed by atoms with van der Waals surface area (Å²) in [6, 6.07) is 9.03. The zero-order chi connectivity index (χ0) is 20.4. The van der Waals surface area contributed by atoms with Crippen LogP contribution in [0.1, 0.15) is 18.7 Å². The third-order valence-electron chi connectivity index (χ3n) is 5.03. The summed E-state index contributed by atoms with van der Waals surface area (Å²) in [5.74, 6) is 2.07. The Morgan fingerprint density at radius 3 is 2.69 bits per heavy atom. The lowest BCUT2D eigenvalue weighted by Gasteiger charge is -2.32. The Hall–Kier alpha value is -2.64. The number of hydrogen-bond donors (Lipinski definition) is 1. The van der Waals surface area contributed by atoms with Gasteiger partial charge in [0.15, 0.2) is 11.6 Å². The van der Waals surface area contributed by atoms with Crippen LogP contribution in [-0.4, -0.2) is 38.7 Å². The van der Waals surface area contributed by atoms with Crippen molar-refractivity contribution in [3.8, 4) is 5.82 Å². The van der Waals surface area contributed by atoms with Crippen molar-refractivity contribution < 1.29 is 4.79 Å². The number of imidazole rings is 1. The number of aryl methyl sites for hydroxylation is 1. The van der Waals surface area contributed by atoms with Gasteiger partial charge >= 0.3 is 0 Å². The van der Waals surface area contributed by atoms with E-state index in [9.17, 15) is 4.79 Å². The SMILES string of the molecule is Cc1nccn1-c1ccc(N2CCCC(C(=O)Nc3cccc(Cl)c3Cl)C2)nn1. The molecule has 1 N–H and O–H groups in total. The number of aromatic nitrogens is 4. The lowest BCUT2D eigenvalue weighted by atomic mass is 9.97. The van der Waals surface area contributed by atoms with Gasteiger partial charge in [-0.25, -0.2) is 4.98 Å². The van der Waals surface area contributed by atoms with Crippen molar-refractivity contribution in [2.75, 3.05) is 23.3 Å². The van der Waals surface area contributed by atoms with E-state index < -0.39 is 0 Å². The molecule has 0 aliphatic carbocycles. The van der Waals surface area contributed by atoms with Crippen molar-refractivity contribution in [1.29, 1.82) is 0 Å². The Balaban J connectivity index is 1.44. The number of carbonyl (C=O) groups is 1. The van der Waals surface area contributed by atoms with E-state index in [0.717, 1.165) is 31.0 Å². The Morgan fingerprint density at radius 1 is 1.17 bits per heavy atom. The van der Waals surface area contributed by atoms with E-state index in [-0.39, 0.29) is 11.8 Å². The summed E-state index contributed by atoms with van der Waals surface area (Å²) in [4.78, 5) is 19.1. The highest BCUT2D eigenvalue weighted by Crippen LogP contribution is 2.30. The maximum absolute atomic E-state index is 12.8. The van der Waals surface area contributed by atoms with E-state index >= 15 is 0 Å². The molecule has 1 aliphatic heterocycles. The lowest BCUT2D eigenvalue weighted by Crippen LogP contribution is -2.41. The third-order valence-corrected chi connectivity index (χ3v) is 5.85. The van der Waals surface area contributed by atoms with Crippen molar-refractivity contribution in [3.05, 3.63) is 58.6 Å². The number of anilines is 2. The van der Waals surface area contributed by atoms with Crippen LogP contribution < -0.4 is 10.2 Å². The van der Waals surface area contributed by atoms with Gasteiger partial charge in [-0.3, -0.25) is 9.36 Å². The molecule has 3 heterocycles. The molecular formula is C20H20Cl2N6O. The molecule has 1 fully saturated rings. The molecule has 2 aromatic heterocycles. The van der Waals surface area contributed by atoms with Crippen molar-refractivity contribution in [2.45, 2.75) is 19.8 Å². The number of piperidine rings is 1. The second-order valence-corrected chi connectivity index (χ2v) is 7.76. The summed E-state index contributed by atoms with van der Waals surface area (Å²) in [6.45, 7) is 3.32. The minimum absolute atomic E-state index is 0.0718. The van der Waals surface area contributed by atoms with E-state index in [1.807, 2.05) is 29.8 Å². The summed E-state index contributed by atoms with van der Waals surface area (Å²) in [7, 11) is 0. The Morgan fingerprint density at radius 2 is 1.97 bits per heavy atom. The van der Waals surface area contributed by atoms with Crippen molar-refractivity contribution in [1.82, 2.24) is 19.7 Å². The predicted octanol–water partition coefficient (Wildman–Crippen LogP) is 4.13. The quantitative estimate of drug-likeness (QED) is 0.672.